The summed E-state index contributed by atoms with van der Waals surface area (Å²) in [6.07, 6.45) is 0.953. The molecule has 2 aromatic carbocycles. The van der Waals surface area contributed by atoms with E-state index in [9.17, 15) is 9.59 Å². The van der Waals surface area contributed by atoms with Crippen LogP contribution in [0.4, 0.5) is 0 Å². The molecule has 0 aliphatic heterocycles. The lowest BCUT2D eigenvalue weighted by Gasteiger charge is -2.18. The maximum absolute atomic E-state index is 12.5. The summed E-state index contributed by atoms with van der Waals surface area (Å²) in [6, 6.07) is 14.1. The second-order valence-corrected chi connectivity index (χ2v) is 6.68. The van der Waals surface area contributed by atoms with E-state index in [-0.39, 0.29) is 11.9 Å². The van der Waals surface area contributed by atoms with E-state index in [1.807, 2.05) is 18.2 Å². The summed E-state index contributed by atoms with van der Waals surface area (Å²) in [4.78, 5) is 25.0. The Labute approximate surface area is 154 Å². The van der Waals surface area contributed by atoms with Gasteiger partial charge in [0.05, 0.1) is 17.1 Å². The minimum Gasteiger partial charge on any atom is -0.496 e. The maximum atomic E-state index is 12.5. The van der Waals surface area contributed by atoms with Crippen molar-refractivity contribution in [3.05, 3.63) is 64.1 Å². The smallest absolute Gasteiger partial charge is 0.339 e. The largest absolute Gasteiger partial charge is 0.496 e. The summed E-state index contributed by atoms with van der Waals surface area (Å²) < 4.78 is 11.3. The van der Waals surface area contributed by atoms with Gasteiger partial charge in [-0.05, 0) is 47.0 Å². The lowest BCUT2D eigenvalue weighted by molar-refractivity contribution is -0.130. The Morgan fingerprint density at radius 3 is 2.48 bits per heavy atom. The van der Waals surface area contributed by atoms with Gasteiger partial charge in [-0.15, -0.1) is 0 Å². The second kappa shape index (κ2) is 7.70. The molecule has 0 aromatic heterocycles. The zero-order valence-corrected chi connectivity index (χ0v) is 15.3. The molecule has 0 unspecified atom stereocenters. The van der Waals surface area contributed by atoms with E-state index in [2.05, 4.69) is 21.2 Å². The van der Waals surface area contributed by atoms with Crippen LogP contribution >= 0.6 is 15.9 Å². The molecule has 25 heavy (non-hydrogen) atoms. The highest BCUT2D eigenvalue weighted by Gasteiger charge is 2.31. The molecule has 0 spiro atoms. The molecular weight excluding hydrogens is 386 g/mol. The summed E-state index contributed by atoms with van der Waals surface area (Å²) in [5.41, 5.74) is 0.981. The molecular formula is C19H18BrNO4. The van der Waals surface area contributed by atoms with Gasteiger partial charge < -0.3 is 14.8 Å². The first kappa shape index (κ1) is 17.5. The first-order valence-corrected chi connectivity index (χ1v) is 8.77. The number of amides is 1. The topological polar surface area (TPSA) is 64.6 Å². The van der Waals surface area contributed by atoms with E-state index in [1.165, 1.54) is 0 Å². The van der Waals surface area contributed by atoms with Crippen molar-refractivity contribution in [2.45, 2.75) is 25.0 Å². The number of rotatable bonds is 6. The highest BCUT2D eigenvalue weighted by atomic mass is 79.9. The SMILES string of the molecule is COc1ccc(C(=O)O[C@H](C(=O)NC2CC2)c2ccccc2)cc1Br. The third-order valence-electron chi connectivity index (χ3n) is 3.88. The quantitative estimate of drug-likeness (QED) is 0.747. The number of nitrogens with one attached hydrogen (secondary N) is 1. The highest BCUT2D eigenvalue weighted by molar-refractivity contribution is 9.10. The molecule has 0 heterocycles. The van der Waals surface area contributed by atoms with Crippen molar-refractivity contribution < 1.29 is 19.1 Å². The maximum Gasteiger partial charge on any atom is 0.339 e. The van der Waals surface area contributed by atoms with Gasteiger partial charge in [0, 0.05) is 11.6 Å². The molecule has 1 N–H and O–H groups in total. The number of methoxy groups -OCH3 is 1. The highest BCUT2D eigenvalue weighted by Crippen LogP contribution is 2.28. The summed E-state index contributed by atoms with van der Waals surface area (Å²) in [5.74, 6) is -0.250. The number of carbonyl (C=O) groups excluding carboxylic acids is 2. The zero-order chi connectivity index (χ0) is 17.8. The standard InChI is InChI=1S/C19H18BrNO4/c1-24-16-10-7-13(11-15(16)20)19(23)25-17(12-5-3-2-4-6-12)18(22)21-14-8-9-14/h2-7,10-11,14,17H,8-9H2,1H3,(H,21,22)/t17-/m0/s1. The van der Waals surface area contributed by atoms with Crippen molar-refractivity contribution in [1.29, 1.82) is 0 Å². The van der Waals surface area contributed by atoms with Crippen LogP contribution < -0.4 is 10.1 Å². The Kier molecular flexibility index (Phi) is 5.38. The van der Waals surface area contributed by atoms with E-state index in [4.69, 9.17) is 9.47 Å². The molecule has 2 aromatic rings. The van der Waals surface area contributed by atoms with Gasteiger partial charge in [0.25, 0.3) is 5.91 Å². The molecule has 1 amide bonds. The molecule has 0 saturated heterocycles. The van der Waals surface area contributed by atoms with Crippen LogP contribution in [0, 0.1) is 0 Å². The minimum absolute atomic E-state index is 0.188. The number of ether oxygens (including phenoxy) is 2. The molecule has 1 aliphatic rings. The van der Waals surface area contributed by atoms with Crippen LogP contribution in [0.3, 0.4) is 0 Å². The monoisotopic (exact) mass is 403 g/mol. The fraction of sp³-hybridized carbons (Fsp3) is 0.263. The van der Waals surface area contributed by atoms with Crippen molar-refractivity contribution in [2.24, 2.45) is 0 Å². The fourth-order valence-electron chi connectivity index (χ4n) is 2.37. The Bertz CT molecular complexity index is 774. The number of esters is 1. The van der Waals surface area contributed by atoms with Gasteiger partial charge in [-0.3, -0.25) is 4.79 Å². The fourth-order valence-corrected chi connectivity index (χ4v) is 2.91. The number of halogens is 1. The van der Waals surface area contributed by atoms with E-state index < -0.39 is 12.1 Å². The zero-order valence-electron chi connectivity index (χ0n) is 13.7. The lowest BCUT2D eigenvalue weighted by atomic mass is 10.1. The average molecular weight is 404 g/mol. The third-order valence-corrected chi connectivity index (χ3v) is 4.50. The van der Waals surface area contributed by atoms with Gasteiger partial charge in [-0.1, -0.05) is 30.3 Å². The molecule has 1 fully saturated rings. The number of benzene rings is 2. The van der Waals surface area contributed by atoms with E-state index in [1.54, 1.807) is 37.4 Å². The second-order valence-electron chi connectivity index (χ2n) is 5.83. The predicted octanol–water partition coefficient (Wildman–Crippen LogP) is 3.63. The molecule has 130 valence electrons. The summed E-state index contributed by atoms with van der Waals surface area (Å²) in [6.45, 7) is 0. The average Bonchev–Trinajstić information content (AvgIpc) is 3.44. The van der Waals surface area contributed by atoms with Gasteiger partial charge in [0.1, 0.15) is 5.75 Å². The van der Waals surface area contributed by atoms with E-state index in [0.717, 1.165) is 12.8 Å². The van der Waals surface area contributed by atoms with Gasteiger partial charge in [-0.2, -0.15) is 0 Å². The number of carbonyl (C=O) groups is 2. The molecule has 0 radical (unpaired) electrons. The van der Waals surface area contributed by atoms with Gasteiger partial charge in [0.2, 0.25) is 6.10 Å². The van der Waals surface area contributed by atoms with Crippen LogP contribution in [0.15, 0.2) is 53.0 Å². The van der Waals surface area contributed by atoms with E-state index in [0.29, 0.717) is 21.3 Å². The molecule has 1 atom stereocenters. The number of hydrogen-bond donors (Lipinski definition) is 1. The lowest BCUT2D eigenvalue weighted by Crippen LogP contribution is -2.33. The summed E-state index contributed by atoms with van der Waals surface area (Å²) in [7, 11) is 1.55. The molecule has 1 saturated carbocycles. The molecule has 5 nitrogen and oxygen atoms in total. The van der Waals surface area contributed by atoms with Crippen molar-refractivity contribution >= 4 is 27.8 Å². The van der Waals surface area contributed by atoms with E-state index >= 15 is 0 Å². The minimum atomic E-state index is -0.977. The van der Waals surface area contributed by atoms with Crippen molar-refractivity contribution in [2.75, 3.05) is 7.11 Å². The van der Waals surface area contributed by atoms with Crippen LogP contribution in [0.25, 0.3) is 0 Å². The molecule has 6 heteroatoms. The summed E-state index contributed by atoms with van der Waals surface area (Å²) in [5, 5.41) is 2.89. The van der Waals surface area contributed by atoms with Crippen LogP contribution in [0.2, 0.25) is 0 Å². The van der Waals surface area contributed by atoms with Crippen molar-refractivity contribution in [1.82, 2.24) is 5.32 Å². The predicted molar refractivity (Wildman–Crippen MR) is 96.5 cm³/mol. The van der Waals surface area contributed by atoms with Crippen LogP contribution in [-0.4, -0.2) is 25.0 Å². The van der Waals surface area contributed by atoms with Gasteiger partial charge in [-0.25, -0.2) is 4.79 Å². The van der Waals surface area contributed by atoms with Crippen molar-refractivity contribution in [3.8, 4) is 5.75 Å². The Hall–Kier alpha value is -2.34. The third kappa shape index (κ3) is 4.39. The Morgan fingerprint density at radius 1 is 1.16 bits per heavy atom. The molecule has 1 aliphatic carbocycles. The molecule has 0 bridgehead atoms. The first-order valence-electron chi connectivity index (χ1n) is 7.98. The Balaban J connectivity index is 1.80. The number of hydrogen-bond acceptors (Lipinski definition) is 4. The first-order chi connectivity index (χ1) is 12.1. The summed E-state index contributed by atoms with van der Waals surface area (Å²) >= 11 is 3.34. The van der Waals surface area contributed by atoms with Gasteiger partial charge in [0.15, 0.2) is 0 Å². The van der Waals surface area contributed by atoms with Gasteiger partial charge >= 0.3 is 5.97 Å². The normalized spacial score (nSPS) is 14.5. The Morgan fingerprint density at radius 2 is 1.88 bits per heavy atom. The van der Waals surface area contributed by atoms with Crippen molar-refractivity contribution in [3.63, 3.8) is 0 Å². The van der Waals surface area contributed by atoms with Crippen LogP contribution in [0.5, 0.6) is 5.75 Å². The van der Waals surface area contributed by atoms with Crippen LogP contribution in [0.1, 0.15) is 34.9 Å². The molecule has 3 rings (SSSR count). The van der Waals surface area contributed by atoms with Crippen LogP contribution in [-0.2, 0) is 9.53 Å².